The van der Waals surface area contributed by atoms with Crippen LogP contribution in [0.5, 0.6) is 0 Å². The third-order valence-corrected chi connectivity index (χ3v) is 3.74. The van der Waals surface area contributed by atoms with Crippen LogP contribution in [0.15, 0.2) is 11.8 Å². The largest absolute Gasteiger partial charge is 0.496 e. The zero-order chi connectivity index (χ0) is 13.1. The molecule has 0 amide bonds. The molecule has 0 spiro atoms. The molecule has 0 saturated heterocycles. The highest BCUT2D eigenvalue weighted by atomic mass is 16.5. The van der Waals surface area contributed by atoms with E-state index in [0.29, 0.717) is 11.8 Å². The van der Waals surface area contributed by atoms with Crippen molar-refractivity contribution in [2.45, 2.75) is 71.7 Å². The predicted molar refractivity (Wildman–Crippen MR) is 75.2 cm³/mol. The van der Waals surface area contributed by atoms with E-state index in [1.54, 1.807) is 0 Å². The summed E-state index contributed by atoms with van der Waals surface area (Å²) in [5.74, 6) is 2.30. The number of rotatable bonds is 5. The van der Waals surface area contributed by atoms with Crippen LogP contribution >= 0.6 is 0 Å². The molecule has 1 nitrogen and oxygen atoms in total. The minimum Gasteiger partial charge on any atom is -0.496 e. The first-order valence-electron chi connectivity index (χ1n) is 6.99. The lowest BCUT2D eigenvalue weighted by molar-refractivity contribution is 0.0412. The van der Waals surface area contributed by atoms with Crippen LogP contribution < -0.4 is 0 Å². The van der Waals surface area contributed by atoms with Gasteiger partial charge < -0.3 is 4.74 Å². The second-order valence-electron chi connectivity index (χ2n) is 6.20. The zero-order valence-corrected chi connectivity index (χ0v) is 12.1. The minimum atomic E-state index is -0.210. The fourth-order valence-electron chi connectivity index (χ4n) is 3.00. The molecule has 1 heterocycles. The molecular formula is C15H27BO. The van der Waals surface area contributed by atoms with Crippen molar-refractivity contribution in [1.29, 1.82) is 0 Å². The Bertz CT molecular complexity index is 270. The number of ether oxygens (including phenoxy) is 1. The fourth-order valence-corrected chi connectivity index (χ4v) is 3.00. The lowest BCUT2D eigenvalue weighted by Crippen LogP contribution is -2.34. The van der Waals surface area contributed by atoms with E-state index in [1.807, 2.05) is 6.92 Å². The zero-order valence-electron chi connectivity index (χ0n) is 12.1. The van der Waals surface area contributed by atoms with Gasteiger partial charge in [-0.25, -0.2) is 0 Å². The lowest BCUT2D eigenvalue weighted by atomic mass is 9.60. The van der Waals surface area contributed by atoms with E-state index in [2.05, 4.69) is 33.8 Å². The van der Waals surface area contributed by atoms with Crippen LogP contribution in [0, 0.1) is 11.8 Å². The third-order valence-electron chi connectivity index (χ3n) is 3.74. The van der Waals surface area contributed by atoms with E-state index in [1.165, 1.54) is 12.8 Å². The first kappa shape index (κ1) is 14.7. The van der Waals surface area contributed by atoms with Gasteiger partial charge in [0.15, 0.2) is 0 Å². The van der Waals surface area contributed by atoms with Crippen LogP contribution in [0.3, 0.4) is 0 Å². The van der Waals surface area contributed by atoms with E-state index in [9.17, 15) is 0 Å². The van der Waals surface area contributed by atoms with Gasteiger partial charge >= 0.3 is 0 Å². The highest BCUT2D eigenvalue weighted by Gasteiger charge is 2.34. The molecule has 4 atom stereocenters. The summed E-state index contributed by atoms with van der Waals surface area (Å²) in [5, 5.41) is -0.210. The molecule has 4 unspecified atom stereocenters. The maximum atomic E-state index is 6.49. The Kier molecular flexibility index (Phi) is 5.15. The monoisotopic (exact) mass is 234 g/mol. The normalized spacial score (nSPS) is 30.1. The molecule has 2 heteroatoms. The van der Waals surface area contributed by atoms with Crippen molar-refractivity contribution < 1.29 is 4.74 Å². The molecule has 17 heavy (non-hydrogen) atoms. The van der Waals surface area contributed by atoms with Gasteiger partial charge in [-0.1, -0.05) is 40.5 Å². The van der Waals surface area contributed by atoms with E-state index < -0.39 is 0 Å². The second-order valence-corrected chi connectivity index (χ2v) is 6.20. The average Bonchev–Trinajstić information content (AvgIpc) is 2.15. The highest BCUT2D eigenvalue weighted by Crippen LogP contribution is 2.42. The van der Waals surface area contributed by atoms with Gasteiger partial charge in [0.25, 0.3) is 0 Å². The van der Waals surface area contributed by atoms with Crippen LogP contribution in [-0.4, -0.2) is 14.0 Å². The van der Waals surface area contributed by atoms with E-state index in [4.69, 9.17) is 12.6 Å². The van der Waals surface area contributed by atoms with Crippen molar-refractivity contribution in [1.82, 2.24) is 0 Å². The Morgan fingerprint density at radius 3 is 2.76 bits per heavy atom. The molecule has 0 aromatic carbocycles. The SMILES string of the molecule is [B]C(C)(CC(C)CCC)C1CC(C)C=C(C)O1. The number of hydrogen-bond donors (Lipinski definition) is 0. The molecule has 2 radical (unpaired) electrons. The van der Waals surface area contributed by atoms with Crippen molar-refractivity contribution in [2.24, 2.45) is 11.8 Å². The van der Waals surface area contributed by atoms with Crippen LogP contribution in [0.25, 0.3) is 0 Å². The Morgan fingerprint density at radius 2 is 2.24 bits per heavy atom. The maximum absolute atomic E-state index is 6.49. The molecule has 1 rings (SSSR count). The summed E-state index contributed by atoms with van der Waals surface area (Å²) in [4.78, 5) is 0. The quantitative estimate of drug-likeness (QED) is 0.637. The average molecular weight is 234 g/mol. The molecule has 0 aromatic heterocycles. The topological polar surface area (TPSA) is 9.23 Å². The summed E-state index contributed by atoms with van der Waals surface area (Å²) in [6.07, 6.45) is 6.94. The molecule has 0 fully saturated rings. The Labute approximate surface area is 108 Å². The van der Waals surface area contributed by atoms with Crippen molar-refractivity contribution in [3.8, 4) is 0 Å². The van der Waals surface area contributed by atoms with Crippen molar-refractivity contribution in [3.63, 3.8) is 0 Å². The minimum absolute atomic E-state index is 0.168. The van der Waals surface area contributed by atoms with E-state index in [0.717, 1.165) is 18.6 Å². The van der Waals surface area contributed by atoms with Gasteiger partial charge in [0.2, 0.25) is 0 Å². The van der Waals surface area contributed by atoms with E-state index in [-0.39, 0.29) is 11.4 Å². The maximum Gasteiger partial charge on any atom is 0.0962 e. The lowest BCUT2D eigenvalue weighted by Gasteiger charge is -2.40. The van der Waals surface area contributed by atoms with Gasteiger partial charge in [0, 0.05) is 0 Å². The Hall–Kier alpha value is -0.395. The van der Waals surface area contributed by atoms with E-state index >= 15 is 0 Å². The molecule has 0 aliphatic carbocycles. The second kappa shape index (κ2) is 5.97. The first-order valence-corrected chi connectivity index (χ1v) is 6.99. The van der Waals surface area contributed by atoms with Crippen molar-refractivity contribution >= 4 is 7.85 Å². The van der Waals surface area contributed by atoms with Gasteiger partial charge in [-0.3, -0.25) is 0 Å². The molecule has 0 saturated carbocycles. The number of hydrogen-bond acceptors (Lipinski definition) is 1. The predicted octanol–water partition coefficient (Wildman–Crippen LogP) is 4.49. The molecule has 1 aliphatic rings. The molecule has 0 bridgehead atoms. The molecule has 0 N–H and O–H groups in total. The van der Waals surface area contributed by atoms with Crippen molar-refractivity contribution in [3.05, 3.63) is 11.8 Å². The van der Waals surface area contributed by atoms with Gasteiger partial charge in [0.05, 0.1) is 19.7 Å². The van der Waals surface area contributed by atoms with Crippen molar-refractivity contribution in [2.75, 3.05) is 0 Å². The van der Waals surface area contributed by atoms with Crippen LogP contribution in [-0.2, 0) is 4.74 Å². The Balaban J connectivity index is 2.61. The summed E-state index contributed by atoms with van der Waals surface area (Å²) in [6.45, 7) is 11.0. The summed E-state index contributed by atoms with van der Waals surface area (Å²) in [6, 6.07) is 0. The Morgan fingerprint density at radius 1 is 1.59 bits per heavy atom. The smallest absolute Gasteiger partial charge is 0.0962 e. The van der Waals surface area contributed by atoms with Gasteiger partial charge in [0.1, 0.15) is 0 Å². The third kappa shape index (κ3) is 4.41. The fraction of sp³-hybridized carbons (Fsp3) is 0.867. The number of allylic oxidation sites excluding steroid dienone is 2. The molecule has 1 aliphatic heterocycles. The van der Waals surface area contributed by atoms with Crippen LogP contribution in [0.1, 0.15) is 60.3 Å². The van der Waals surface area contributed by atoms with Crippen LogP contribution in [0.2, 0.25) is 5.31 Å². The van der Waals surface area contributed by atoms with Crippen LogP contribution in [0.4, 0.5) is 0 Å². The van der Waals surface area contributed by atoms with Gasteiger partial charge in [-0.05, 0) is 43.0 Å². The summed E-state index contributed by atoms with van der Waals surface area (Å²) in [5.41, 5.74) is 0. The first-order chi connectivity index (χ1) is 7.85. The summed E-state index contributed by atoms with van der Waals surface area (Å²) >= 11 is 0. The highest BCUT2D eigenvalue weighted by molar-refractivity contribution is 6.15. The summed E-state index contributed by atoms with van der Waals surface area (Å²) in [7, 11) is 6.49. The molecule has 96 valence electrons. The van der Waals surface area contributed by atoms with Gasteiger partial charge in [-0.15, -0.1) is 0 Å². The van der Waals surface area contributed by atoms with Gasteiger partial charge in [-0.2, -0.15) is 0 Å². The molecule has 0 aromatic rings. The standard InChI is InChI=1S/C15H27BO/c1-6-7-11(2)10-15(5,16)14-9-12(3)8-13(4)17-14/h8,11-12,14H,6-7,9-10H2,1-5H3. The molecular weight excluding hydrogens is 207 g/mol. The summed E-state index contributed by atoms with van der Waals surface area (Å²) < 4.78 is 5.94.